The highest BCUT2D eigenvalue weighted by molar-refractivity contribution is 5.51. The molecule has 0 amide bonds. The summed E-state index contributed by atoms with van der Waals surface area (Å²) in [7, 11) is 0. The van der Waals surface area contributed by atoms with Crippen molar-refractivity contribution in [3.63, 3.8) is 0 Å². The Labute approximate surface area is 99.5 Å². The zero-order valence-corrected chi connectivity index (χ0v) is 9.43. The smallest absolute Gasteiger partial charge is 0.147 e. The SMILES string of the molecule is N#Cc1ccc(N(CCO)CCCO)c(F)c1. The summed E-state index contributed by atoms with van der Waals surface area (Å²) in [4.78, 5) is 1.65. The van der Waals surface area contributed by atoms with Crippen molar-refractivity contribution < 1.29 is 14.6 Å². The van der Waals surface area contributed by atoms with E-state index >= 15 is 0 Å². The molecule has 0 heterocycles. The van der Waals surface area contributed by atoms with Crippen LogP contribution in [-0.2, 0) is 0 Å². The van der Waals surface area contributed by atoms with Gasteiger partial charge in [-0.15, -0.1) is 0 Å². The van der Waals surface area contributed by atoms with Crippen LogP contribution in [0, 0.1) is 17.1 Å². The molecule has 17 heavy (non-hydrogen) atoms. The summed E-state index contributed by atoms with van der Waals surface area (Å²) in [5.41, 5.74) is 0.601. The molecule has 1 aromatic rings. The van der Waals surface area contributed by atoms with Gasteiger partial charge in [-0.1, -0.05) is 0 Å². The van der Waals surface area contributed by atoms with Crippen molar-refractivity contribution in [3.05, 3.63) is 29.6 Å². The number of aliphatic hydroxyl groups is 2. The average molecular weight is 238 g/mol. The van der Waals surface area contributed by atoms with Gasteiger partial charge in [-0.2, -0.15) is 5.26 Å². The Balaban J connectivity index is 2.89. The summed E-state index contributed by atoms with van der Waals surface area (Å²) in [5, 5.41) is 26.3. The van der Waals surface area contributed by atoms with E-state index in [1.165, 1.54) is 18.2 Å². The second-order valence-corrected chi connectivity index (χ2v) is 3.57. The van der Waals surface area contributed by atoms with Crippen molar-refractivity contribution in [1.82, 2.24) is 0 Å². The van der Waals surface area contributed by atoms with Crippen molar-refractivity contribution in [2.45, 2.75) is 6.42 Å². The maximum Gasteiger partial charge on any atom is 0.147 e. The maximum atomic E-state index is 13.7. The van der Waals surface area contributed by atoms with Gasteiger partial charge in [0.25, 0.3) is 0 Å². The van der Waals surface area contributed by atoms with E-state index in [4.69, 9.17) is 15.5 Å². The molecule has 0 atom stereocenters. The number of rotatable bonds is 6. The molecule has 0 aliphatic carbocycles. The lowest BCUT2D eigenvalue weighted by Gasteiger charge is -2.24. The Hall–Kier alpha value is -1.64. The van der Waals surface area contributed by atoms with Gasteiger partial charge in [0.05, 0.1) is 23.9 Å². The molecular formula is C12H15FN2O2. The second kappa shape index (κ2) is 6.84. The van der Waals surface area contributed by atoms with Gasteiger partial charge in [-0.3, -0.25) is 0 Å². The summed E-state index contributed by atoms with van der Waals surface area (Å²) >= 11 is 0. The summed E-state index contributed by atoms with van der Waals surface area (Å²) in [6, 6.07) is 6.07. The first-order valence-electron chi connectivity index (χ1n) is 5.39. The van der Waals surface area contributed by atoms with Crippen LogP contribution in [0.4, 0.5) is 10.1 Å². The molecule has 0 saturated heterocycles. The fourth-order valence-electron chi connectivity index (χ4n) is 1.57. The number of hydrogen-bond acceptors (Lipinski definition) is 4. The second-order valence-electron chi connectivity index (χ2n) is 3.57. The number of hydrogen-bond donors (Lipinski definition) is 2. The summed E-state index contributed by atoms with van der Waals surface area (Å²) in [5.74, 6) is -0.490. The Morgan fingerprint density at radius 1 is 1.24 bits per heavy atom. The van der Waals surface area contributed by atoms with E-state index in [0.29, 0.717) is 25.2 Å². The largest absolute Gasteiger partial charge is 0.396 e. The molecular weight excluding hydrogens is 223 g/mol. The number of anilines is 1. The van der Waals surface area contributed by atoms with Gasteiger partial charge in [0.15, 0.2) is 0 Å². The highest BCUT2D eigenvalue weighted by atomic mass is 19.1. The third kappa shape index (κ3) is 3.70. The van der Waals surface area contributed by atoms with Crippen LogP contribution in [0.3, 0.4) is 0 Å². The summed E-state index contributed by atoms with van der Waals surface area (Å²) in [6.07, 6.45) is 0.499. The van der Waals surface area contributed by atoms with Crippen LogP contribution >= 0.6 is 0 Å². The first-order chi connectivity index (χ1) is 8.22. The minimum Gasteiger partial charge on any atom is -0.396 e. The molecule has 4 nitrogen and oxygen atoms in total. The van der Waals surface area contributed by atoms with Gasteiger partial charge in [-0.05, 0) is 24.6 Å². The van der Waals surface area contributed by atoms with Crippen molar-refractivity contribution in [2.24, 2.45) is 0 Å². The fraction of sp³-hybridized carbons (Fsp3) is 0.417. The predicted molar refractivity (Wildman–Crippen MR) is 62.1 cm³/mol. The van der Waals surface area contributed by atoms with Crippen LogP contribution in [0.2, 0.25) is 0 Å². The van der Waals surface area contributed by atoms with Gasteiger partial charge in [-0.25, -0.2) is 4.39 Å². The predicted octanol–water partition coefficient (Wildman–Crippen LogP) is 0.878. The van der Waals surface area contributed by atoms with E-state index in [1.54, 1.807) is 4.90 Å². The molecule has 92 valence electrons. The Morgan fingerprint density at radius 3 is 2.53 bits per heavy atom. The standard InChI is InChI=1S/C12H15FN2O2/c13-11-8-10(9-14)2-3-12(11)15(5-7-17)4-1-6-16/h2-3,8,16-17H,1,4-7H2. The van der Waals surface area contributed by atoms with Crippen molar-refractivity contribution >= 4 is 5.69 Å². The Morgan fingerprint density at radius 2 is 2.00 bits per heavy atom. The van der Waals surface area contributed by atoms with E-state index < -0.39 is 5.82 Å². The molecule has 0 aliphatic heterocycles. The Kier molecular flexibility index (Phi) is 5.40. The van der Waals surface area contributed by atoms with Crippen LogP contribution in [-0.4, -0.2) is 36.5 Å². The quantitative estimate of drug-likeness (QED) is 0.772. The first-order valence-corrected chi connectivity index (χ1v) is 5.39. The fourth-order valence-corrected chi connectivity index (χ4v) is 1.57. The minimum atomic E-state index is -0.490. The molecule has 5 heteroatoms. The molecule has 1 aromatic carbocycles. The lowest BCUT2D eigenvalue weighted by Crippen LogP contribution is -2.29. The van der Waals surface area contributed by atoms with E-state index in [2.05, 4.69) is 0 Å². The molecule has 0 bridgehead atoms. The van der Waals surface area contributed by atoms with Crippen LogP contribution in [0.5, 0.6) is 0 Å². The third-order valence-electron chi connectivity index (χ3n) is 2.37. The van der Waals surface area contributed by atoms with Crippen LogP contribution < -0.4 is 4.90 Å². The van der Waals surface area contributed by atoms with E-state index in [9.17, 15) is 4.39 Å². The van der Waals surface area contributed by atoms with E-state index in [0.717, 1.165) is 0 Å². The zero-order valence-electron chi connectivity index (χ0n) is 9.43. The van der Waals surface area contributed by atoms with Crippen molar-refractivity contribution in [3.8, 4) is 6.07 Å². The van der Waals surface area contributed by atoms with Gasteiger partial charge < -0.3 is 15.1 Å². The molecule has 0 spiro atoms. The first kappa shape index (κ1) is 13.4. The molecule has 0 radical (unpaired) electrons. The Bertz CT molecular complexity index is 404. The number of nitriles is 1. The zero-order chi connectivity index (χ0) is 12.7. The molecule has 0 aromatic heterocycles. The summed E-state index contributed by atoms with van der Waals surface area (Å²) in [6.45, 7) is 0.674. The van der Waals surface area contributed by atoms with Crippen molar-refractivity contribution in [2.75, 3.05) is 31.2 Å². The lowest BCUT2D eigenvalue weighted by atomic mass is 10.2. The average Bonchev–Trinajstić information content (AvgIpc) is 2.34. The molecule has 0 aliphatic rings. The topological polar surface area (TPSA) is 67.5 Å². The highest BCUT2D eigenvalue weighted by Crippen LogP contribution is 2.20. The lowest BCUT2D eigenvalue weighted by molar-refractivity contribution is 0.281. The highest BCUT2D eigenvalue weighted by Gasteiger charge is 2.11. The molecule has 2 N–H and O–H groups in total. The van der Waals surface area contributed by atoms with Crippen LogP contribution in [0.25, 0.3) is 0 Å². The number of halogens is 1. The minimum absolute atomic E-state index is 0.0137. The van der Waals surface area contributed by atoms with E-state index in [-0.39, 0.29) is 18.8 Å². The number of aliphatic hydroxyl groups excluding tert-OH is 2. The van der Waals surface area contributed by atoms with Gasteiger partial charge >= 0.3 is 0 Å². The number of nitrogens with zero attached hydrogens (tertiary/aromatic N) is 2. The third-order valence-corrected chi connectivity index (χ3v) is 2.37. The van der Waals surface area contributed by atoms with Crippen LogP contribution in [0.15, 0.2) is 18.2 Å². The van der Waals surface area contributed by atoms with Gasteiger partial charge in [0, 0.05) is 19.7 Å². The van der Waals surface area contributed by atoms with Crippen LogP contribution in [0.1, 0.15) is 12.0 Å². The molecule has 0 fully saturated rings. The van der Waals surface area contributed by atoms with Gasteiger partial charge in [0.1, 0.15) is 5.82 Å². The normalized spacial score (nSPS) is 10.0. The van der Waals surface area contributed by atoms with Gasteiger partial charge in [0.2, 0.25) is 0 Å². The summed E-state index contributed by atoms with van der Waals surface area (Å²) < 4.78 is 13.7. The number of benzene rings is 1. The molecule has 1 rings (SSSR count). The van der Waals surface area contributed by atoms with E-state index in [1.807, 2.05) is 6.07 Å². The monoisotopic (exact) mass is 238 g/mol. The maximum absolute atomic E-state index is 13.7. The van der Waals surface area contributed by atoms with Crippen molar-refractivity contribution in [1.29, 1.82) is 5.26 Å². The molecule has 0 saturated carbocycles. The molecule has 0 unspecified atom stereocenters.